The summed E-state index contributed by atoms with van der Waals surface area (Å²) in [4.78, 5) is 99.9. The minimum Gasteiger partial charge on any atom is -0.481 e. The van der Waals surface area contributed by atoms with E-state index in [4.69, 9.17) is 59.4 Å². The fraction of sp³-hybridized carbons (Fsp3) is 0.293. The number of nitrogens with one attached hydrogen (secondary N) is 2. The van der Waals surface area contributed by atoms with Crippen LogP contribution < -0.4 is 28.7 Å². The van der Waals surface area contributed by atoms with Gasteiger partial charge in [-0.05, 0) is 157 Å². The number of aryl methyl sites for hydroxylation is 2. The van der Waals surface area contributed by atoms with Crippen molar-refractivity contribution in [3.63, 3.8) is 0 Å². The van der Waals surface area contributed by atoms with Gasteiger partial charge in [0.05, 0.1) is 39.1 Å². The molecule has 624 valence electrons. The van der Waals surface area contributed by atoms with Crippen LogP contribution in [0.25, 0.3) is 120 Å². The number of carbonyl (C=O) groups is 4. The molecule has 21 rings (SSSR count). The maximum atomic E-state index is 12.3. The van der Waals surface area contributed by atoms with Gasteiger partial charge in [0, 0.05) is 150 Å². The summed E-state index contributed by atoms with van der Waals surface area (Å²) < 4.78 is 15.6. The summed E-state index contributed by atoms with van der Waals surface area (Å²) in [5.74, 6) is 7.59. The van der Waals surface area contributed by atoms with Gasteiger partial charge in [-0.1, -0.05) is 66.6 Å². The van der Waals surface area contributed by atoms with Gasteiger partial charge in [0.1, 0.15) is 102 Å². The number of fused-ring (bicyclic) bond motifs is 8. The zero-order chi connectivity index (χ0) is 85.2. The predicted octanol–water partition coefficient (Wildman–Crippen LogP) is 16.9. The molecular weight excluding hydrogens is 1590 g/mol. The number of anilines is 4. The Morgan fingerprint density at radius 1 is 0.504 bits per heavy atom. The van der Waals surface area contributed by atoms with E-state index in [2.05, 4.69) is 94.6 Å². The van der Waals surface area contributed by atoms with Gasteiger partial charge in [-0.25, -0.2) is 49.7 Å². The molecular formula is C92H92N22O7S2. The van der Waals surface area contributed by atoms with Crippen molar-refractivity contribution in [2.24, 2.45) is 23.5 Å². The number of thiazole rings is 1. The van der Waals surface area contributed by atoms with Crippen LogP contribution in [-0.4, -0.2) is 144 Å². The van der Waals surface area contributed by atoms with Crippen LogP contribution in [0.1, 0.15) is 154 Å². The Hall–Kier alpha value is -14.0. The van der Waals surface area contributed by atoms with E-state index < -0.39 is 11.9 Å². The van der Waals surface area contributed by atoms with Gasteiger partial charge in [-0.2, -0.15) is 0 Å². The number of nitrogens with zero attached hydrogens (tertiary/aromatic N) is 15. The highest BCUT2D eigenvalue weighted by molar-refractivity contribution is 7.22. The average molecular weight is 1680 g/mol. The Balaban J connectivity index is 0.000000112. The molecule has 3 aliphatic carbocycles. The number of urea groups is 1. The van der Waals surface area contributed by atoms with Crippen LogP contribution in [0, 0.1) is 43.9 Å². The summed E-state index contributed by atoms with van der Waals surface area (Å²) in [5, 5.41) is 25.9. The molecule has 14 N–H and O–H groups in total. The summed E-state index contributed by atoms with van der Waals surface area (Å²) in [5.41, 5.74) is 45.6. The number of thiophene rings is 1. The smallest absolute Gasteiger partial charge is 0.319 e. The summed E-state index contributed by atoms with van der Waals surface area (Å²) in [6, 6.07) is 32.8. The van der Waals surface area contributed by atoms with E-state index in [9.17, 15) is 29.4 Å². The number of furan rings is 1. The third kappa shape index (κ3) is 15.2. The maximum absolute atomic E-state index is 12.3. The molecule has 4 aromatic carbocycles. The third-order valence-electron chi connectivity index (χ3n) is 24.9. The highest BCUT2D eigenvalue weighted by atomic mass is 32.1. The van der Waals surface area contributed by atoms with Crippen LogP contribution in [0.2, 0.25) is 0 Å². The number of imidazole rings is 4. The molecule has 0 atom stereocenters. The molecule has 4 fully saturated rings. The van der Waals surface area contributed by atoms with Gasteiger partial charge in [0.2, 0.25) is 5.91 Å². The van der Waals surface area contributed by atoms with E-state index in [1.165, 1.54) is 15.6 Å². The number of carbonyl (C=O) groups excluding carboxylic acids is 2. The first-order valence-electron chi connectivity index (χ1n) is 41.4. The van der Waals surface area contributed by atoms with Crippen molar-refractivity contribution >= 4 is 135 Å². The van der Waals surface area contributed by atoms with E-state index in [1.54, 1.807) is 66.5 Å². The molecule has 3 saturated carbocycles. The van der Waals surface area contributed by atoms with E-state index in [0.717, 1.165) is 197 Å². The second-order valence-corrected chi connectivity index (χ2v) is 34.6. The molecule has 13 aromatic heterocycles. The molecule has 0 unspecified atom stereocenters. The van der Waals surface area contributed by atoms with Gasteiger partial charge in [-0.3, -0.25) is 32.0 Å². The van der Waals surface area contributed by atoms with Gasteiger partial charge < -0.3 is 63.1 Å². The SMILES string of the molecule is C#Cc1cccc2cc(-c3nc(C4CCC(C(=O)O)CC4)n4ccnc(N)c34)[nH]c12.Cc1cccc2cc(-c3nc(C4CCC(C(N)=O)CC4)n4ccnc(N)c34)sc12.Cc1cccc2cc(-c3nc(C4CCN(C(=O)N(C)C)CC4)n4ccnc(N)c34)oc12.Nc1nccn2c(C3CCC(C(=O)O)CC3)nc(-c3cc4cccc(-c5nccs5)c4[nH]3)c12. The van der Waals surface area contributed by atoms with Gasteiger partial charge >= 0.3 is 18.0 Å². The summed E-state index contributed by atoms with van der Waals surface area (Å²) in [7, 11) is 3.57. The Bertz CT molecular complexity index is 6960. The van der Waals surface area contributed by atoms with Crippen LogP contribution in [-0.2, 0) is 14.4 Å². The molecule has 3 amide bonds. The molecule has 4 aliphatic rings. The molecule has 123 heavy (non-hydrogen) atoms. The van der Waals surface area contributed by atoms with Crippen molar-refractivity contribution in [1.29, 1.82) is 0 Å². The summed E-state index contributed by atoms with van der Waals surface area (Å²) in [6.45, 7) is 5.57. The minimum absolute atomic E-state index is 0.0192. The standard InChI is InChI=1S/C24H22N6O2S.C23H26N6O2.C23H21N5O2.C22H23N5OS/c25-21-20-19(17-12-15-2-1-3-16(18(15)28-17)23-27-9-11-33-23)29-22(30(20)10-8-26-21)13-4-6-14(7-5-13)24(31)32;1-14-5-4-6-16-13-17(31-20(14)16)18-19-21(24)25-9-12-29(19)22(26-18)15-7-10-28(11-8-15)23(30)27(2)3;1-2-13-4-3-5-16-12-17(26-18(13)16)19-20-21(24)25-10-11-28(20)22(27-19)14-6-8-15(9-7-14)23(29)30;1-12-3-2-4-15-11-16(29-19(12)15)17-18-20(23)25-9-10-27(18)22(26-17)14-7-5-13(6-8-14)21(24)28/h1-3,8-14,28H,4-7H2,(H2,25,26)(H,31,32);4-6,9,12-13,15H,7-8,10-11H2,1-3H3,(H2,24,25);1,3-5,10-12,14-15,26H,6-9H2,(H2,24,25)(H,29,30);2-4,9-11,13-14H,5-8H2,1H3,(H2,23,25)(H2,24,28). The number of carboxylic acid groups (broad SMARTS) is 2. The second-order valence-electron chi connectivity index (χ2n) is 32.7. The number of nitrogen functional groups attached to an aromatic ring is 4. The number of aliphatic carboxylic acids is 2. The number of hydrogen-bond donors (Lipinski definition) is 9. The molecule has 14 heterocycles. The number of aromatic nitrogens is 15. The van der Waals surface area contributed by atoms with Gasteiger partial charge in [0.15, 0.2) is 5.76 Å². The third-order valence-corrected chi connectivity index (χ3v) is 27.0. The lowest BCUT2D eigenvalue weighted by Gasteiger charge is -2.33. The van der Waals surface area contributed by atoms with Crippen LogP contribution in [0.3, 0.4) is 0 Å². The topological polar surface area (TPSA) is 424 Å². The number of benzene rings is 4. The molecule has 31 heteroatoms. The number of likely N-dealkylation sites (tertiary alicyclic amines) is 1. The molecule has 17 aromatic rings. The van der Waals surface area contributed by atoms with E-state index in [-0.39, 0.29) is 53.4 Å². The van der Waals surface area contributed by atoms with Gasteiger partial charge in [-0.15, -0.1) is 29.1 Å². The highest BCUT2D eigenvalue weighted by Crippen LogP contribution is 2.46. The van der Waals surface area contributed by atoms with Crippen molar-refractivity contribution in [2.75, 3.05) is 50.1 Å². The molecule has 1 aliphatic heterocycles. The Morgan fingerprint density at radius 2 is 0.943 bits per heavy atom. The van der Waals surface area contributed by atoms with Crippen LogP contribution >= 0.6 is 22.7 Å². The lowest BCUT2D eigenvalue weighted by atomic mass is 9.81. The largest absolute Gasteiger partial charge is 0.481 e. The fourth-order valence-corrected chi connectivity index (χ4v) is 20.3. The monoisotopic (exact) mass is 1680 g/mol. The quantitative estimate of drug-likeness (QED) is 0.0513. The number of H-pyrrole nitrogens is 2. The number of hydrogen-bond acceptors (Lipinski definition) is 20. The zero-order valence-corrected chi connectivity index (χ0v) is 69.9. The van der Waals surface area contributed by atoms with Crippen LogP contribution in [0.5, 0.6) is 0 Å². The second kappa shape index (κ2) is 33.2. The lowest BCUT2D eigenvalue weighted by molar-refractivity contribution is -0.143. The summed E-state index contributed by atoms with van der Waals surface area (Å²) >= 11 is 3.35. The Labute approximate surface area is 713 Å². The van der Waals surface area contributed by atoms with Gasteiger partial charge in [0.25, 0.3) is 0 Å². The molecule has 1 saturated heterocycles. The summed E-state index contributed by atoms with van der Waals surface area (Å²) in [6.07, 6.45) is 32.8. The number of aromatic amines is 2. The number of para-hydroxylation sites is 3. The predicted molar refractivity (Wildman–Crippen MR) is 480 cm³/mol. The average Bonchev–Trinajstić information content (AvgIpc) is 1.62. The molecule has 0 radical (unpaired) electrons. The lowest BCUT2D eigenvalue weighted by Crippen LogP contribution is -2.43. The normalized spacial score (nSPS) is 18.2. The molecule has 29 nitrogen and oxygen atoms in total. The van der Waals surface area contributed by atoms with Crippen LogP contribution in [0.4, 0.5) is 28.1 Å². The van der Waals surface area contributed by atoms with Crippen molar-refractivity contribution in [1.82, 2.24) is 82.2 Å². The van der Waals surface area contributed by atoms with Crippen LogP contribution in [0.15, 0.2) is 163 Å². The fourth-order valence-electron chi connectivity index (χ4n) is 18.5. The molecule has 0 spiro atoms. The van der Waals surface area contributed by atoms with E-state index in [1.807, 2.05) is 116 Å². The zero-order valence-electron chi connectivity index (χ0n) is 68.3. The first-order valence-corrected chi connectivity index (χ1v) is 43.1. The first-order chi connectivity index (χ1) is 59.6. The number of carboxylic acids is 2. The maximum Gasteiger partial charge on any atom is 0.319 e. The number of primary amides is 1. The number of terminal acetylenes is 1. The Kier molecular flexibility index (Phi) is 21.6. The molecule has 0 bridgehead atoms. The number of piperidine rings is 1. The highest BCUT2D eigenvalue weighted by Gasteiger charge is 2.36. The minimum atomic E-state index is -0.710. The number of rotatable bonds is 12. The van der Waals surface area contributed by atoms with Crippen molar-refractivity contribution < 1.29 is 33.8 Å². The van der Waals surface area contributed by atoms with E-state index >= 15 is 0 Å². The van der Waals surface area contributed by atoms with Crippen molar-refractivity contribution in [2.45, 2.75) is 127 Å². The van der Waals surface area contributed by atoms with E-state index in [0.29, 0.717) is 73.5 Å². The first kappa shape index (κ1) is 80.1. The van der Waals surface area contributed by atoms with Crippen molar-refractivity contribution in [3.05, 3.63) is 198 Å². The van der Waals surface area contributed by atoms with Crippen molar-refractivity contribution in [3.8, 4) is 67.7 Å². The number of nitrogens with two attached hydrogens (primary N) is 5. The number of amides is 3. The Morgan fingerprint density at radius 3 is 1.42 bits per heavy atom.